The normalized spacial score (nSPS) is 34.4. The molecule has 33 unspecified atom stereocenters. The van der Waals surface area contributed by atoms with E-state index in [1.54, 1.807) is 34.6 Å². The van der Waals surface area contributed by atoms with E-state index >= 15 is 0 Å². The molecule has 0 saturated heterocycles. The number of hydrogen-bond donors (Lipinski definition) is 16. The Balaban J connectivity index is 0.000000279. The number of Topliss-reactive ketones (excluding diaryl/α,β-unsaturated/α-hetero) is 7. The molecule has 32 heteroatoms. The van der Waals surface area contributed by atoms with Crippen LogP contribution in [0.25, 0.3) is 0 Å². The second kappa shape index (κ2) is 54.7. The number of aliphatic carboxylic acids is 5. The molecule has 0 heterocycles. The van der Waals surface area contributed by atoms with Gasteiger partial charge in [0.25, 0.3) is 0 Å². The van der Waals surface area contributed by atoms with Gasteiger partial charge in [-0.15, -0.1) is 0 Å². The molecule has 16 N–H and O–H groups in total. The maximum Gasteiger partial charge on any atom is 0.308 e. The van der Waals surface area contributed by atoms with Gasteiger partial charge in [0.1, 0.15) is 46.9 Å². The van der Waals surface area contributed by atoms with E-state index in [0.717, 1.165) is 83.5 Å². The van der Waals surface area contributed by atoms with Crippen LogP contribution in [0.5, 0.6) is 0 Å². The van der Waals surface area contributed by atoms with Crippen LogP contribution in [0.15, 0.2) is 56.7 Å². The summed E-state index contributed by atoms with van der Waals surface area (Å²) in [5, 5.41) is 163. The molecule has 0 aliphatic heterocycles. The first kappa shape index (κ1) is 126. The lowest BCUT2D eigenvalue weighted by atomic mass is 9.48. The van der Waals surface area contributed by atoms with Crippen LogP contribution in [0, 0.1) is 175 Å². The minimum absolute atomic E-state index is 0.0128. The lowest BCUT2D eigenvalue weighted by Crippen LogP contribution is -2.57. The number of carboxylic acid groups (broad SMARTS) is 5. The van der Waals surface area contributed by atoms with Gasteiger partial charge in [0, 0.05) is 95.7 Å². The van der Waals surface area contributed by atoms with Gasteiger partial charge in [-0.25, -0.2) is 0 Å². The topological polar surface area (TPSA) is 581 Å². The number of rotatable bonds is 42. The van der Waals surface area contributed by atoms with Crippen LogP contribution in [0.4, 0.5) is 0 Å². The molecule has 5 fully saturated rings. The number of hydrogen-bond acceptors (Lipinski definition) is 27. The average Bonchev–Trinajstić information content (AvgIpc) is 0.725. The van der Waals surface area contributed by atoms with Gasteiger partial charge in [-0.1, -0.05) is 175 Å². The Morgan fingerprint density at radius 3 is 0.932 bits per heavy atom. The van der Waals surface area contributed by atoms with Crippen molar-refractivity contribution >= 4 is 82.3 Å². The fourth-order valence-corrected chi connectivity index (χ4v) is 29.6. The summed E-state index contributed by atoms with van der Waals surface area (Å²) in [5.41, 5.74) is -3.77. The largest absolute Gasteiger partial charge is 0.510 e. The molecule has 0 aromatic carbocycles. The SMILES string of the molecule is CCCCC(C)C1=C(O)C(=O)C2CC(C)CC(C(=O)O)C2C1(C)C(=O)CCO.CCCCC(C)C1=C(O)C(=O)C2CC(C)CC(C(=O)O)C2C1(C)C(O)CCO.CCCCC(C)C1=C(O)C(O)C2CC(C)CC(C(=O)O)C2C1(C)C(=O)CCO.CCCCC(C)C1=C(OC(C)=O)C(=O)C2CC(C)CC(C(=O)O)C2C1(C)C(=O)CCO.CCCCC(C)C1=C(OC(C)=O)C(O)C2CC(C)CC(C(=O)O)C2C1(C)C(=O)CCO. The van der Waals surface area contributed by atoms with Crippen molar-refractivity contribution in [2.45, 2.75) is 363 Å². The number of aliphatic hydroxyl groups is 11. The van der Waals surface area contributed by atoms with Crippen LogP contribution in [0.2, 0.25) is 0 Å². The lowest BCUT2D eigenvalue weighted by Gasteiger charge is -2.55. The summed E-state index contributed by atoms with van der Waals surface area (Å²) in [6, 6.07) is 0. The number of carboxylic acids is 5. The zero-order valence-electron chi connectivity index (χ0n) is 91.1. The number of carbonyl (C=O) groups excluding carboxylic acids is 9. The van der Waals surface area contributed by atoms with Gasteiger partial charge >= 0.3 is 41.8 Å². The van der Waals surface area contributed by atoms with Gasteiger partial charge in [0.2, 0.25) is 11.6 Å². The van der Waals surface area contributed by atoms with E-state index in [9.17, 15) is 149 Å². The molecule has 828 valence electrons. The molecule has 10 rings (SSSR count). The molecule has 0 radical (unpaired) electrons. The fraction of sp³-hybridized carbons (Fsp3) is 0.789. The van der Waals surface area contributed by atoms with Crippen LogP contribution in [0.3, 0.4) is 0 Å². The molecule has 33 atom stereocenters. The molecule has 0 spiro atoms. The maximum absolute atomic E-state index is 13.6. The molecule has 0 amide bonds. The minimum Gasteiger partial charge on any atom is -0.510 e. The van der Waals surface area contributed by atoms with E-state index in [1.165, 1.54) is 13.8 Å². The second-order valence-electron chi connectivity index (χ2n) is 46.3. The van der Waals surface area contributed by atoms with Gasteiger partial charge in [0.15, 0.2) is 23.1 Å². The van der Waals surface area contributed by atoms with Crippen molar-refractivity contribution in [2.75, 3.05) is 33.0 Å². The van der Waals surface area contributed by atoms with Gasteiger partial charge < -0.3 is 91.2 Å². The Hall–Kier alpha value is -8.24. The molecule has 5 saturated carbocycles. The van der Waals surface area contributed by atoms with E-state index < -0.39 is 182 Å². The van der Waals surface area contributed by atoms with Gasteiger partial charge in [-0.05, 0) is 259 Å². The molecule has 10 aliphatic carbocycles. The Morgan fingerprint density at radius 2 is 0.603 bits per heavy atom. The summed E-state index contributed by atoms with van der Waals surface area (Å²) in [7, 11) is 0. The van der Waals surface area contributed by atoms with Crippen molar-refractivity contribution in [3.63, 3.8) is 0 Å². The van der Waals surface area contributed by atoms with Crippen molar-refractivity contribution in [3.05, 3.63) is 56.7 Å². The van der Waals surface area contributed by atoms with Crippen LogP contribution >= 0.6 is 0 Å². The number of fused-ring (bicyclic) bond motifs is 5. The molecular formula is C114H180O32. The lowest BCUT2D eigenvalue weighted by molar-refractivity contribution is -0.162. The third-order valence-electron chi connectivity index (χ3n) is 35.8. The highest BCUT2D eigenvalue weighted by Crippen LogP contribution is 2.66. The number of unbranched alkanes of at least 4 members (excludes halogenated alkanes) is 5. The number of ether oxygens (including phenoxy) is 2. The van der Waals surface area contributed by atoms with Crippen LogP contribution in [0.1, 0.15) is 345 Å². The molecule has 0 bridgehead atoms. The second-order valence-corrected chi connectivity index (χ2v) is 46.3. The van der Waals surface area contributed by atoms with E-state index in [-0.39, 0.29) is 188 Å². The highest BCUT2D eigenvalue weighted by atomic mass is 16.6. The van der Waals surface area contributed by atoms with E-state index in [1.807, 2.05) is 83.1 Å². The van der Waals surface area contributed by atoms with Gasteiger partial charge in [-0.2, -0.15) is 0 Å². The first-order valence-electron chi connectivity index (χ1n) is 54.5. The maximum atomic E-state index is 13.6. The van der Waals surface area contributed by atoms with E-state index in [2.05, 4.69) is 20.8 Å². The molecule has 0 aromatic rings. The number of allylic oxidation sites excluding steroid dienone is 7. The first-order valence-corrected chi connectivity index (χ1v) is 54.5. The van der Waals surface area contributed by atoms with Crippen molar-refractivity contribution in [2.24, 2.45) is 175 Å². The van der Waals surface area contributed by atoms with Gasteiger partial charge in [-0.3, -0.25) is 67.1 Å². The standard InChI is InChI=1S/C24H38O7.C24H36O7.2C22H36O6.C22H34O6/c2*1-6-7-8-14(3)19-22(31-15(4)26)21(28)16-11-13(2)12-17(23(29)30)20(16)24(19,5)18(27)9-10-25;3*1-5-6-7-13(3)17-20(26)19(25)14-10-12(2)11-15(21(27)28)18(14)22(17,4)16(24)8-9-23/h13-14,16-17,20-21,25,28H,6-12H2,1-5H3,(H,29,30);13-14,16-17,20,25H,6-12H2,1-5H3,(H,29,30);12-15,18-19,23,25-26H,5-11H2,1-4H3,(H,27,28);12-16,18,23-24,26H,5-11H2,1-4H3,(H,27,28);12-15,18,23,26H,5-11H2,1-4H3,(H,27,28). The van der Waals surface area contributed by atoms with Gasteiger partial charge in [0.05, 0.1) is 57.4 Å². The summed E-state index contributed by atoms with van der Waals surface area (Å²) in [6.07, 6.45) is 13.6. The minimum atomic E-state index is -1.30. The third kappa shape index (κ3) is 26.5. The first-order chi connectivity index (χ1) is 68.3. The van der Waals surface area contributed by atoms with Crippen molar-refractivity contribution in [1.29, 1.82) is 0 Å². The molecule has 32 nitrogen and oxygen atoms in total. The number of esters is 2. The Kier molecular flexibility index (Phi) is 47.3. The Bertz CT molecular complexity index is 4740. The number of aliphatic hydroxyl groups excluding tert-OH is 11. The Morgan fingerprint density at radius 1 is 0.336 bits per heavy atom. The van der Waals surface area contributed by atoms with Crippen LogP contribution < -0.4 is 0 Å². The fourth-order valence-electron chi connectivity index (χ4n) is 29.6. The van der Waals surface area contributed by atoms with Crippen molar-refractivity contribution in [3.8, 4) is 0 Å². The molecule has 10 aliphatic rings. The van der Waals surface area contributed by atoms with Crippen molar-refractivity contribution in [1.82, 2.24) is 0 Å². The zero-order chi connectivity index (χ0) is 111. The summed E-state index contributed by atoms with van der Waals surface area (Å²) >= 11 is 0. The number of carbonyl (C=O) groups is 14. The summed E-state index contributed by atoms with van der Waals surface area (Å²) in [5.74, 6) is -20.2. The quantitative estimate of drug-likeness (QED) is 0.0252. The highest BCUT2D eigenvalue weighted by Gasteiger charge is 2.68. The summed E-state index contributed by atoms with van der Waals surface area (Å²) in [4.78, 5) is 178. The van der Waals surface area contributed by atoms with E-state index in [0.29, 0.717) is 105 Å². The monoisotopic (exact) mass is 2060 g/mol. The molecule has 146 heavy (non-hydrogen) atoms. The predicted octanol–water partition coefficient (Wildman–Crippen LogP) is 17.0. The molecule has 0 aromatic heterocycles. The Labute approximate surface area is 864 Å². The van der Waals surface area contributed by atoms with E-state index in [4.69, 9.17) is 9.47 Å². The average molecular weight is 2060 g/mol. The van der Waals surface area contributed by atoms with Crippen LogP contribution in [-0.4, -0.2) is 215 Å². The smallest absolute Gasteiger partial charge is 0.308 e. The zero-order valence-corrected chi connectivity index (χ0v) is 91.1. The predicted molar refractivity (Wildman–Crippen MR) is 545 cm³/mol. The number of ketones is 7. The summed E-state index contributed by atoms with van der Waals surface area (Å²) < 4.78 is 11.0. The van der Waals surface area contributed by atoms with Crippen molar-refractivity contribution < 1.29 is 158 Å². The third-order valence-corrected chi connectivity index (χ3v) is 35.8. The van der Waals surface area contributed by atoms with Crippen LogP contribution in [-0.2, 0) is 76.6 Å². The highest BCUT2D eigenvalue weighted by molar-refractivity contribution is 6.05. The summed E-state index contributed by atoms with van der Waals surface area (Å²) in [6.45, 7) is 39.0. The molecular weight excluding hydrogens is 1880 g/mol.